The number of fused-ring (bicyclic) bond motifs is 1. The predicted molar refractivity (Wildman–Crippen MR) is 94.8 cm³/mol. The Kier molecular flexibility index (Phi) is 7.67. The Balaban J connectivity index is 0.00000144. The molecule has 1 aromatic carbocycles. The van der Waals surface area contributed by atoms with Crippen LogP contribution in [0.2, 0.25) is 0 Å². The average molecular weight is 441 g/mol. The van der Waals surface area contributed by atoms with Gasteiger partial charge in [-0.3, -0.25) is 0 Å². The van der Waals surface area contributed by atoms with E-state index in [-0.39, 0.29) is 30.2 Å². The van der Waals surface area contributed by atoms with E-state index in [2.05, 4.69) is 83.2 Å². The van der Waals surface area contributed by atoms with E-state index in [0.29, 0.717) is 3.63 Å². The number of hydrogen-bond donors (Lipinski definition) is 0. The van der Waals surface area contributed by atoms with Gasteiger partial charge in [0.25, 0.3) is 0 Å². The third kappa shape index (κ3) is 4.29. The minimum Gasteiger partial charge on any atom is -1.00 e. The van der Waals surface area contributed by atoms with Crippen molar-refractivity contribution in [3.05, 3.63) is 62.5 Å². The largest absolute Gasteiger partial charge is 1.00 e. The van der Waals surface area contributed by atoms with Crippen LogP contribution in [0.5, 0.6) is 0 Å². The first-order chi connectivity index (χ1) is 10.4. The Morgan fingerprint density at radius 2 is 1.75 bits per heavy atom. The van der Waals surface area contributed by atoms with Gasteiger partial charge in [-0.25, -0.2) is 0 Å². The van der Waals surface area contributed by atoms with Gasteiger partial charge in [-0.05, 0) is 0 Å². The van der Waals surface area contributed by atoms with Crippen molar-refractivity contribution in [2.75, 3.05) is 0 Å². The molecule has 0 spiro atoms. The first-order valence-corrected chi connectivity index (χ1v) is 12.1. The van der Waals surface area contributed by atoms with Crippen LogP contribution in [-0.4, -0.2) is 3.21 Å². The molecule has 0 aliphatic heterocycles. The van der Waals surface area contributed by atoms with E-state index in [9.17, 15) is 0 Å². The normalized spacial score (nSPS) is 17.8. The van der Waals surface area contributed by atoms with Crippen molar-refractivity contribution in [2.24, 2.45) is 5.41 Å². The predicted octanol–water partition coefficient (Wildman–Crippen LogP) is -0.147. The average Bonchev–Trinajstić information content (AvgIpc) is 3.06. The van der Waals surface area contributed by atoms with Gasteiger partial charge in [-0.1, -0.05) is 0 Å². The van der Waals surface area contributed by atoms with Crippen molar-refractivity contribution in [1.82, 2.24) is 0 Å². The molecule has 0 heterocycles. The van der Waals surface area contributed by atoms with Gasteiger partial charge >= 0.3 is 143 Å². The molecule has 0 fully saturated rings. The second kappa shape index (κ2) is 8.44. The number of benzene rings is 1. The monoisotopic (exact) mass is 438 g/mol. The first-order valence-electron chi connectivity index (χ1n) is 8.24. The van der Waals surface area contributed by atoms with Crippen LogP contribution in [0.3, 0.4) is 0 Å². The molecule has 0 nitrogen and oxygen atoms in total. The Hall–Kier alpha value is -0.227. The quantitative estimate of drug-likeness (QED) is 0.601. The van der Waals surface area contributed by atoms with Gasteiger partial charge in [0.1, 0.15) is 0 Å². The molecule has 0 radical (unpaired) electrons. The molecule has 3 heteroatoms. The van der Waals surface area contributed by atoms with Gasteiger partial charge in [0, 0.05) is 0 Å². The van der Waals surface area contributed by atoms with E-state index in [1.807, 2.05) is 0 Å². The van der Waals surface area contributed by atoms with E-state index in [1.165, 1.54) is 17.6 Å². The molecule has 1 aromatic rings. The molecule has 0 bridgehead atoms. The fourth-order valence-corrected chi connectivity index (χ4v) is 11.3. The van der Waals surface area contributed by atoms with Crippen LogP contribution in [0.15, 0.2) is 51.3 Å². The minimum atomic E-state index is -1.80. The zero-order valence-corrected chi connectivity index (χ0v) is 19.1. The molecule has 2 aliphatic rings. The third-order valence-electron chi connectivity index (χ3n) is 4.73. The van der Waals surface area contributed by atoms with E-state index in [4.69, 9.17) is 0 Å². The summed E-state index contributed by atoms with van der Waals surface area (Å²) in [7, 11) is 0. The summed E-state index contributed by atoms with van der Waals surface area (Å²) in [5, 5.41) is 0. The smallest absolute Gasteiger partial charge is 1.00 e. The van der Waals surface area contributed by atoms with Crippen LogP contribution in [0.1, 0.15) is 55.8 Å². The summed E-state index contributed by atoms with van der Waals surface area (Å²) >= 11 is -1.80. The van der Waals surface area contributed by atoms with Gasteiger partial charge in [0.05, 0.1) is 0 Å². The Labute approximate surface area is 167 Å². The maximum atomic E-state index is 2.55. The molecule has 0 amide bonds. The molecule has 2 aliphatic carbocycles. The van der Waals surface area contributed by atoms with Crippen LogP contribution < -0.4 is 24.8 Å². The third-order valence-corrected chi connectivity index (χ3v) is 12.7. The fourth-order valence-electron chi connectivity index (χ4n) is 3.57. The van der Waals surface area contributed by atoms with Crippen LogP contribution in [0, 0.1) is 5.41 Å². The second-order valence-electron chi connectivity index (χ2n) is 7.66. The second-order valence-corrected chi connectivity index (χ2v) is 15.3. The molecule has 0 saturated carbocycles. The molecular formula is C21H26Cl2Zr. The summed E-state index contributed by atoms with van der Waals surface area (Å²) in [6, 6.07) is 8.97. The van der Waals surface area contributed by atoms with Gasteiger partial charge in [0.2, 0.25) is 0 Å². The summed E-state index contributed by atoms with van der Waals surface area (Å²) in [5.74, 6) is 0. The molecule has 0 aromatic heterocycles. The van der Waals surface area contributed by atoms with Crippen molar-refractivity contribution in [2.45, 2.75) is 44.7 Å². The van der Waals surface area contributed by atoms with Crippen molar-refractivity contribution in [1.29, 1.82) is 0 Å². The van der Waals surface area contributed by atoms with E-state index in [1.54, 1.807) is 12.1 Å². The number of rotatable bonds is 2. The van der Waals surface area contributed by atoms with Crippen LogP contribution in [0.25, 0.3) is 6.08 Å². The minimum absolute atomic E-state index is 0. The fraction of sp³-hybridized carbons (Fsp3) is 0.381. The summed E-state index contributed by atoms with van der Waals surface area (Å²) < 4.78 is 4.19. The van der Waals surface area contributed by atoms with E-state index < -0.39 is 21.3 Å². The molecule has 1 unspecified atom stereocenters. The Bertz CT molecular complexity index is 726. The standard InChI is InChI=1S/C9H7.C9H13.C3H6.2ClH.Zr/c1-2-5-9-7-3-6-8(9)4-1;1-9(2,3)8-6-4-5-7-8;1-3-2;;;/h1-7H;6-7H,4H2,1-3H3;1-2H3;2*1H;/q;;;;;+2/p-2. The first kappa shape index (κ1) is 21.8. The van der Waals surface area contributed by atoms with Crippen LogP contribution in [0.4, 0.5) is 0 Å². The summed E-state index contributed by atoms with van der Waals surface area (Å²) in [4.78, 5) is 0. The molecule has 128 valence electrons. The zero-order valence-electron chi connectivity index (χ0n) is 15.2. The molecule has 3 rings (SSSR count). The molecule has 1 atom stereocenters. The summed E-state index contributed by atoms with van der Waals surface area (Å²) in [6.45, 7) is 11.7. The summed E-state index contributed by atoms with van der Waals surface area (Å²) in [6.07, 6.45) is 11.1. The van der Waals surface area contributed by atoms with Crippen LogP contribution >= 0.6 is 0 Å². The van der Waals surface area contributed by atoms with Gasteiger partial charge in [-0.2, -0.15) is 0 Å². The van der Waals surface area contributed by atoms with Gasteiger partial charge in [-0.15, -0.1) is 0 Å². The van der Waals surface area contributed by atoms with E-state index in [0.717, 1.165) is 0 Å². The van der Waals surface area contributed by atoms with Gasteiger partial charge in [0.15, 0.2) is 0 Å². The summed E-state index contributed by atoms with van der Waals surface area (Å²) in [5.41, 5.74) is 4.83. The Morgan fingerprint density at radius 1 is 1.08 bits per heavy atom. The SMILES string of the molecule is C[C](C)=[Zr+2]([C]1=CC(C(C)(C)C)=CC1)[CH]1C=Cc2ccccc21.[Cl-].[Cl-]. The number of allylic oxidation sites excluding steroid dienone is 5. The van der Waals surface area contributed by atoms with Crippen molar-refractivity contribution in [3.63, 3.8) is 0 Å². The number of halogens is 2. The maximum absolute atomic E-state index is 2.55. The molecular weight excluding hydrogens is 414 g/mol. The maximum Gasteiger partial charge on any atom is -1.00 e. The topological polar surface area (TPSA) is 0 Å². The van der Waals surface area contributed by atoms with Crippen LogP contribution in [-0.2, 0) is 21.3 Å². The molecule has 0 saturated heterocycles. The van der Waals surface area contributed by atoms with Crippen molar-refractivity contribution in [3.8, 4) is 0 Å². The van der Waals surface area contributed by atoms with E-state index >= 15 is 0 Å². The molecule has 24 heavy (non-hydrogen) atoms. The van der Waals surface area contributed by atoms with Gasteiger partial charge < -0.3 is 24.8 Å². The zero-order chi connectivity index (χ0) is 15.9. The van der Waals surface area contributed by atoms with Crippen molar-refractivity contribution >= 4 is 9.28 Å². The Morgan fingerprint density at radius 3 is 2.33 bits per heavy atom. The number of hydrogen-bond acceptors (Lipinski definition) is 0. The molecule has 0 N–H and O–H groups in total. The van der Waals surface area contributed by atoms with Crippen molar-refractivity contribution < 1.29 is 46.1 Å².